The Balaban J connectivity index is 1.72. The van der Waals surface area contributed by atoms with Gasteiger partial charge in [-0.3, -0.25) is 4.79 Å². The lowest BCUT2D eigenvalue weighted by atomic mass is 10.3. The Hall–Kier alpha value is -2.18. The lowest BCUT2D eigenvalue weighted by molar-refractivity contribution is 0.0757. The summed E-state index contributed by atoms with van der Waals surface area (Å²) in [5, 5.41) is 8.60. The summed E-state index contributed by atoms with van der Waals surface area (Å²) in [6, 6.07) is 11.9. The number of para-hydroxylation sites is 1. The second kappa shape index (κ2) is 7.80. The Bertz CT molecular complexity index is 852. The summed E-state index contributed by atoms with van der Waals surface area (Å²) in [6.45, 7) is 7.26. The quantitative estimate of drug-likeness (QED) is 0.652. The van der Waals surface area contributed by atoms with Crippen LogP contribution in [0.2, 0.25) is 0 Å². The summed E-state index contributed by atoms with van der Waals surface area (Å²) in [6.07, 6.45) is 1.04. The molecule has 0 unspecified atom stereocenters. The van der Waals surface area contributed by atoms with E-state index in [1.165, 1.54) is 11.3 Å². The van der Waals surface area contributed by atoms with Crippen LogP contribution in [0, 0.1) is 6.92 Å². The van der Waals surface area contributed by atoms with Crippen molar-refractivity contribution in [2.75, 3.05) is 13.2 Å². The normalized spacial score (nSPS) is 11.4. The highest BCUT2D eigenvalue weighted by Gasteiger charge is 2.16. The van der Waals surface area contributed by atoms with Crippen LogP contribution in [0.15, 0.2) is 36.4 Å². The molecule has 5 nitrogen and oxygen atoms in total. The molecule has 0 atom stereocenters. The minimum absolute atomic E-state index is 0.0373. The van der Waals surface area contributed by atoms with Gasteiger partial charge >= 0.3 is 0 Å². The van der Waals surface area contributed by atoms with Gasteiger partial charge in [-0.05, 0) is 45.4 Å². The summed E-state index contributed by atoms with van der Waals surface area (Å²) in [5.74, 6) is -0.0373. The molecule has 0 saturated carbocycles. The third-order valence-corrected chi connectivity index (χ3v) is 4.94. The van der Waals surface area contributed by atoms with Crippen LogP contribution < -0.4 is 5.32 Å². The molecule has 1 aromatic carbocycles. The van der Waals surface area contributed by atoms with E-state index < -0.39 is 0 Å². The molecule has 2 heterocycles. The largest absolute Gasteiger partial charge is 0.379 e. The van der Waals surface area contributed by atoms with Crippen molar-refractivity contribution in [2.45, 2.75) is 33.3 Å². The number of nitrogens with zero attached hydrogens (tertiary/aromatic N) is 2. The van der Waals surface area contributed by atoms with E-state index in [1.807, 2.05) is 61.9 Å². The van der Waals surface area contributed by atoms with Gasteiger partial charge in [-0.1, -0.05) is 18.2 Å². The lowest BCUT2D eigenvalue weighted by Gasteiger charge is -2.07. The Morgan fingerprint density at radius 1 is 1.32 bits per heavy atom. The van der Waals surface area contributed by atoms with Crippen LogP contribution in [0.4, 0.5) is 0 Å². The van der Waals surface area contributed by atoms with E-state index in [4.69, 9.17) is 4.74 Å². The molecule has 0 radical (unpaired) electrons. The van der Waals surface area contributed by atoms with Crippen LogP contribution in [-0.4, -0.2) is 34.9 Å². The van der Waals surface area contributed by atoms with E-state index in [-0.39, 0.29) is 12.0 Å². The van der Waals surface area contributed by atoms with Crippen molar-refractivity contribution >= 4 is 27.5 Å². The Morgan fingerprint density at radius 3 is 2.80 bits per heavy atom. The van der Waals surface area contributed by atoms with Gasteiger partial charge in [-0.25, -0.2) is 4.68 Å². The van der Waals surface area contributed by atoms with Gasteiger partial charge < -0.3 is 10.1 Å². The first-order valence-electron chi connectivity index (χ1n) is 8.50. The number of amides is 1. The molecule has 0 aliphatic rings. The molecule has 1 amide bonds. The Morgan fingerprint density at radius 2 is 2.08 bits per heavy atom. The first kappa shape index (κ1) is 17.6. The molecule has 0 bridgehead atoms. The molecule has 1 N–H and O–H groups in total. The highest BCUT2D eigenvalue weighted by molar-refractivity contribution is 7.20. The van der Waals surface area contributed by atoms with Gasteiger partial charge in [0.1, 0.15) is 4.83 Å². The van der Waals surface area contributed by atoms with Gasteiger partial charge in [0.2, 0.25) is 0 Å². The van der Waals surface area contributed by atoms with Gasteiger partial charge in [0, 0.05) is 18.5 Å². The molecule has 0 saturated heterocycles. The van der Waals surface area contributed by atoms with Crippen molar-refractivity contribution in [1.82, 2.24) is 15.1 Å². The van der Waals surface area contributed by atoms with Crippen LogP contribution in [0.25, 0.3) is 15.9 Å². The maximum Gasteiger partial charge on any atom is 0.261 e. The number of carbonyl (C=O) groups excluding carboxylic acids is 1. The number of aryl methyl sites for hydroxylation is 1. The van der Waals surface area contributed by atoms with Crippen molar-refractivity contribution in [3.8, 4) is 5.69 Å². The molecular weight excluding hydrogens is 334 g/mol. The van der Waals surface area contributed by atoms with Crippen LogP contribution >= 0.6 is 11.3 Å². The minimum atomic E-state index is -0.0373. The van der Waals surface area contributed by atoms with E-state index in [2.05, 4.69) is 10.4 Å². The maximum absolute atomic E-state index is 12.4. The number of carbonyl (C=O) groups is 1. The van der Waals surface area contributed by atoms with E-state index in [1.54, 1.807) is 0 Å². The number of benzene rings is 1. The molecule has 3 rings (SSSR count). The molecule has 132 valence electrons. The van der Waals surface area contributed by atoms with Crippen LogP contribution in [0.1, 0.15) is 35.6 Å². The van der Waals surface area contributed by atoms with E-state index >= 15 is 0 Å². The van der Waals surface area contributed by atoms with Crippen LogP contribution in [0.5, 0.6) is 0 Å². The fraction of sp³-hybridized carbons (Fsp3) is 0.368. The van der Waals surface area contributed by atoms with Crippen molar-refractivity contribution in [2.24, 2.45) is 0 Å². The molecule has 0 aliphatic heterocycles. The van der Waals surface area contributed by atoms with Crippen molar-refractivity contribution in [3.63, 3.8) is 0 Å². The average Bonchev–Trinajstić information content (AvgIpc) is 3.16. The van der Waals surface area contributed by atoms with Crippen molar-refractivity contribution < 1.29 is 9.53 Å². The van der Waals surface area contributed by atoms with E-state index in [9.17, 15) is 4.79 Å². The third kappa shape index (κ3) is 4.08. The lowest BCUT2D eigenvalue weighted by Crippen LogP contribution is -2.24. The molecule has 0 aliphatic carbocycles. The molecular formula is C19H23N3O2S. The fourth-order valence-corrected chi connectivity index (χ4v) is 3.68. The molecule has 3 aromatic rings. The first-order chi connectivity index (χ1) is 12.1. The molecule has 0 fully saturated rings. The van der Waals surface area contributed by atoms with Gasteiger partial charge in [0.05, 0.1) is 22.4 Å². The number of hydrogen-bond acceptors (Lipinski definition) is 4. The highest BCUT2D eigenvalue weighted by atomic mass is 32.1. The SMILES string of the molecule is Cc1nn(-c2ccccc2)c2sc(C(=O)NCCCOC(C)C)cc12. The predicted molar refractivity (Wildman–Crippen MR) is 102 cm³/mol. The summed E-state index contributed by atoms with van der Waals surface area (Å²) < 4.78 is 7.39. The third-order valence-electron chi connectivity index (χ3n) is 3.83. The molecule has 6 heteroatoms. The zero-order valence-corrected chi connectivity index (χ0v) is 15.6. The second-order valence-electron chi connectivity index (χ2n) is 6.19. The van der Waals surface area contributed by atoms with Crippen molar-refractivity contribution in [1.29, 1.82) is 0 Å². The predicted octanol–water partition coefficient (Wildman–Crippen LogP) is 3.94. The highest BCUT2D eigenvalue weighted by Crippen LogP contribution is 2.30. The number of thiophene rings is 1. The second-order valence-corrected chi connectivity index (χ2v) is 7.22. The van der Waals surface area contributed by atoms with Gasteiger partial charge in [-0.2, -0.15) is 5.10 Å². The summed E-state index contributed by atoms with van der Waals surface area (Å²) >= 11 is 1.47. The monoisotopic (exact) mass is 357 g/mol. The zero-order chi connectivity index (χ0) is 17.8. The topological polar surface area (TPSA) is 56.2 Å². The standard InChI is InChI=1S/C19H23N3O2S/c1-13(2)24-11-7-10-20-18(23)17-12-16-14(3)21-22(19(16)25-17)15-8-5-4-6-9-15/h4-6,8-9,12-13H,7,10-11H2,1-3H3,(H,20,23). The van der Waals surface area contributed by atoms with Crippen LogP contribution in [0.3, 0.4) is 0 Å². The van der Waals surface area contributed by atoms with E-state index in [0.717, 1.165) is 28.0 Å². The van der Waals surface area contributed by atoms with Gasteiger partial charge in [0.25, 0.3) is 5.91 Å². The molecule has 25 heavy (non-hydrogen) atoms. The molecule has 2 aromatic heterocycles. The van der Waals surface area contributed by atoms with Gasteiger partial charge in [-0.15, -0.1) is 11.3 Å². The maximum atomic E-state index is 12.4. The minimum Gasteiger partial charge on any atom is -0.379 e. The fourth-order valence-electron chi connectivity index (χ4n) is 2.58. The average molecular weight is 357 g/mol. The van der Waals surface area contributed by atoms with Gasteiger partial charge in [0.15, 0.2) is 0 Å². The number of ether oxygens (including phenoxy) is 1. The first-order valence-corrected chi connectivity index (χ1v) is 9.32. The number of aromatic nitrogens is 2. The van der Waals surface area contributed by atoms with Crippen LogP contribution in [-0.2, 0) is 4.74 Å². The molecule has 0 spiro atoms. The number of fused-ring (bicyclic) bond motifs is 1. The Labute approximate surface area is 151 Å². The Kier molecular flexibility index (Phi) is 5.50. The summed E-state index contributed by atoms with van der Waals surface area (Å²) in [7, 11) is 0. The summed E-state index contributed by atoms with van der Waals surface area (Å²) in [4.78, 5) is 14.1. The van der Waals surface area contributed by atoms with E-state index in [0.29, 0.717) is 18.0 Å². The zero-order valence-electron chi connectivity index (χ0n) is 14.8. The number of hydrogen-bond donors (Lipinski definition) is 1. The summed E-state index contributed by atoms with van der Waals surface area (Å²) in [5.41, 5.74) is 1.93. The smallest absolute Gasteiger partial charge is 0.261 e. The van der Waals surface area contributed by atoms with Crippen molar-refractivity contribution in [3.05, 3.63) is 47.0 Å². The number of nitrogens with one attached hydrogen (secondary N) is 1. The number of rotatable bonds is 7.